The van der Waals surface area contributed by atoms with E-state index in [4.69, 9.17) is 23.7 Å². The van der Waals surface area contributed by atoms with E-state index >= 15 is 0 Å². The Kier molecular flexibility index (Phi) is 9.96. The highest BCUT2D eigenvalue weighted by atomic mass is 16.6. The first-order valence-electron chi connectivity index (χ1n) is 10.3. The number of carbonyl (C=O) groups is 4. The van der Waals surface area contributed by atoms with Gasteiger partial charge in [-0.25, -0.2) is 19.2 Å². The van der Waals surface area contributed by atoms with Crippen molar-refractivity contribution in [3.05, 3.63) is 24.3 Å². The number of esters is 4. The maximum absolute atomic E-state index is 12.5. The van der Waals surface area contributed by atoms with Crippen LogP contribution in [0.5, 0.6) is 5.75 Å². The fourth-order valence-electron chi connectivity index (χ4n) is 2.60. The number of hydrogen-bond acceptors (Lipinski definition) is 10. The molecule has 0 bridgehead atoms. The van der Waals surface area contributed by atoms with Gasteiger partial charge in [0.1, 0.15) is 5.75 Å². The van der Waals surface area contributed by atoms with Crippen molar-refractivity contribution in [2.45, 2.75) is 52.7 Å². The normalized spacial score (nSPS) is 11.2. The minimum atomic E-state index is -2.06. The highest BCUT2D eigenvalue weighted by Gasteiger charge is 2.48. The average molecular weight is 453 g/mol. The molecule has 1 aromatic rings. The van der Waals surface area contributed by atoms with Crippen LogP contribution >= 0.6 is 0 Å². The molecule has 0 fully saturated rings. The van der Waals surface area contributed by atoms with Gasteiger partial charge in [0.15, 0.2) is 0 Å². The van der Waals surface area contributed by atoms with Crippen LogP contribution in [0.25, 0.3) is 0 Å². The molecule has 0 aliphatic rings. The summed E-state index contributed by atoms with van der Waals surface area (Å²) in [4.78, 5) is 49.8. The van der Waals surface area contributed by atoms with Crippen molar-refractivity contribution in [1.29, 1.82) is 0 Å². The van der Waals surface area contributed by atoms with E-state index in [0.29, 0.717) is 0 Å². The van der Waals surface area contributed by atoms with Gasteiger partial charge in [-0.3, -0.25) is 0 Å². The summed E-state index contributed by atoms with van der Waals surface area (Å²) < 4.78 is 25.7. The lowest BCUT2D eigenvalue weighted by Gasteiger charge is -2.28. The number of hydrogen-bond donors (Lipinski definition) is 1. The van der Waals surface area contributed by atoms with Crippen LogP contribution in [0, 0.1) is 0 Å². The van der Waals surface area contributed by atoms with Crippen LogP contribution in [0.15, 0.2) is 24.3 Å². The Balaban J connectivity index is 3.27. The van der Waals surface area contributed by atoms with E-state index in [9.17, 15) is 19.2 Å². The molecule has 1 aromatic carbocycles. The van der Waals surface area contributed by atoms with Gasteiger partial charge < -0.3 is 29.0 Å². The summed E-state index contributed by atoms with van der Waals surface area (Å²) in [6.07, 6.45) is 0. The van der Waals surface area contributed by atoms with Gasteiger partial charge in [0, 0.05) is 11.8 Å². The van der Waals surface area contributed by atoms with Crippen LogP contribution in [0.3, 0.4) is 0 Å². The Bertz CT molecular complexity index is 722. The monoisotopic (exact) mass is 453 g/mol. The summed E-state index contributed by atoms with van der Waals surface area (Å²) in [6, 6.07) is 6.02. The van der Waals surface area contributed by atoms with E-state index in [1.807, 2.05) is 0 Å². The Hall–Kier alpha value is -3.30. The Morgan fingerprint density at radius 1 is 0.750 bits per heavy atom. The fourth-order valence-corrected chi connectivity index (χ4v) is 2.60. The predicted molar refractivity (Wildman–Crippen MR) is 114 cm³/mol. The van der Waals surface area contributed by atoms with Crippen LogP contribution in [0.2, 0.25) is 0 Å². The number of anilines is 1. The summed E-state index contributed by atoms with van der Waals surface area (Å²) in [5, 5.41) is 2.80. The Labute approximate surface area is 187 Å². The number of rotatable bonds is 12. The van der Waals surface area contributed by atoms with E-state index in [1.54, 1.807) is 39.8 Å². The molecule has 0 atom stereocenters. The molecule has 0 aliphatic carbocycles. The molecule has 32 heavy (non-hydrogen) atoms. The second-order valence-corrected chi connectivity index (χ2v) is 6.80. The van der Waals surface area contributed by atoms with Crippen LogP contribution in [-0.4, -0.2) is 61.4 Å². The number of nitrogens with one attached hydrogen (secondary N) is 1. The van der Waals surface area contributed by atoms with Crippen LogP contribution in [0.1, 0.15) is 41.5 Å². The molecule has 1 N–H and O–H groups in total. The molecular weight excluding hydrogens is 422 g/mol. The molecule has 0 aromatic heterocycles. The zero-order valence-corrected chi connectivity index (χ0v) is 19.3. The molecule has 10 heteroatoms. The quantitative estimate of drug-likeness (QED) is 0.286. The summed E-state index contributed by atoms with van der Waals surface area (Å²) in [5.74, 6) is -3.40. The van der Waals surface area contributed by atoms with Crippen molar-refractivity contribution in [3.63, 3.8) is 0 Å². The lowest BCUT2D eigenvalue weighted by atomic mass is 10.0. The first kappa shape index (κ1) is 26.7. The average Bonchev–Trinajstić information content (AvgIpc) is 2.74. The zero-order chi connectivity index (χ0) is 24.4. The molecule has 0 radical (unpaired) electrons. The molecule has 0 saturated heterocycles. The second-order valence-electron chi connectivity index (χ2n) is 6.80. The second kappa shape index (κ2) is 11.9. The van der Waals surface area contributed by atoms with Crippen LogP contribution in [0.4, 0.5) is 5.69 Å². The van der Waals surface area contributed by atoms with Gasteiger partial charge >= 0.3 is 23.9 Å². The molecular formula is C22H31NO9. The lowest BCUT2D eigenvalue weighted by Crippen LogP contribution is -2.52. The first-order valence-corrected chi connectivity index (χ1v) is 10.3. The maximum atomic E-state index is 12.5. The standard InChI is InChI=1S/C22H31NO9/c1-7-28-17(24)21(5,18(25)29-8-2)23-15-12-11-13-16(14-15)32-22(6,19(26)30-9-3)20(27)31-10-4/h11-14,23H,7-10H2,1-6H3. The Morgan fingerprint density at radius 3 is 1.62 bits per heavy atom. The minimum absolute atomic E-state index is 0.0379. The molecule has 0 heterocycles. The number of ether oxygens (including phenoxy) is 5. The minimum Gasteiger partial charge on any atom is -0.464 e. The predicted octanol–water partition coefficient (Wildman–Crippen LogP) is 2.25. The van der Waals surface area contributed by atoms with Crippen molar-refractivity contribution in [3.8, 4) is 5.75 Å². The molecule has 0 unspecified atom stereocenters. The molecule has 0 amide bonds. The molecule has 178 valence electrons. The van der Waals surface area contributed by atoms with Crippen molar-refractivity contribution in [2.24, 2.45) is 0 Å². The third-order valence-corrected chi connectivity index (χ3v) is 4.25. The maximum Gasteiger partial charge on any atom is 0.362 e. The lowest BCUT2D eigenvalue weighted by molar-refractivity contribution is -0.177. The molecule has 0 saturated carbocycles. The number of carbonyl (C=O) groups excluding carboxylic acids is 4. The molecule has 1 rings (SSSR count). The number of benzene rings is 1. The smallest absolute Gasteiger partial charge is 0.362 e. The summed E-state index contributed by atoms with van der Waals surface area (Å²) in [6.45, 7) is 9.20. The zero-order valence-electron chi connectivity index (χ0n) is 19.3. The first-order chi connectivity index (χ1) is 15.1. The Morgan fingerprint density at radius 2 is 1.19 bits per heavy atom. The van der Waals surface area contributed by atoms with Crippen molar-refractivity contribution < 1.29 is 42.9 Å². The van der Waals surface area contributed by atoms with Gasteiger partial charge in [0.2, 0.25) is 5.54 Å². The fraction of sp³-hybridized carbons (Fsp3) is 0.545. The van der Waals surface area contributed by atoms with E-state index in [0.717, 1.165) is 0 Å². The van der Waals surface area contributed by atoms with Gasteiger partial charge in [0.25, 0.3) is 5.60 Å². The SMILES string of the molecule is CCOC(=O)C(C)(Nc1cccc(OC(C)(C(=O)OCC)C(=O)OCC)c1)C(=O)OCC. The molecule has 10 nitrogen and oxygen atoms in total. The van der Waals surface area contributed by atoms with Crippen molar-refractivity contribution in [1.82, 2.24) is 0 Å². The van der Waals surface area contributed by atoms with Crippen molar-refractivity contribution in [2.75, 3.05) is 31.7 Å². The summed E-state index contributed by atoms with van der Waals surface area (Å²) in [7, 11) is 0. The highest BCUT2D eigenvalue weighted by Crippen LogP contribution is 2.27. The largest absolute Gasteiger partial charge is 0.464 e. The van der Waals surface area contributed by atoms with Gasteiger partial charge in [-0.1, -0.05) is 6.07 Å². The van der Waals surface area contributed by atoms with Crippen LogP contribution in [-0.2, 0) is 38.1 Å². The van der Waals surface area contributed by atoms with Crippen molar-refractivity contribution >= 4 is 29.6 Å². The molecule has 0 spiro atoms. The third kappa shape index (κ3) is 6.35. The topological polar surface area (TPSA) is 126 Å². The van der Waals surface area contributed by atoms with Gasteiger partial charge in [-0.15, -0.1) is 0 Å². The highest BCUT2D eigenvalue weighted by molar-refractivity contribution is 6.07. The van der Waals surface area contributed by atoms with E-state index in [-0.39, 0.29) is 37.9 Å². The summed E-state index contributed by atoms with van der Waals surface area (Å²) >= 11 is 0. The van der Waals surface area contributed by atoms with E-state index in [1.165, 1.54) is 26.0 Å². The van der Waals surface area contributed by atoms with Gasteiger partial charge in [-0.05, 0) is 53.7 Å². The van der Waals surface area contributed by atoms with Crippen LogP contribution < -0.4 is 10.1 Å². The third-order valence-electron chi connectivity index (χ3n) is 4.25. The van der Waals surface area contributed by atoms with Gasteiger partial charge in [-0.2, -0.15) is 0 Å². The summed E-state index contributed by atoms with van der Waals surface area (Å²) in [5.41, 5.74) is -3.62. The van der Waals surface area contributed by atoms with Gasteiger partial charge in [0.05, 0.1) is 26.4 Å². The van der Waals surface area contributed by atoms with E-state index < -0.39 is 35.0 Å². The molecule has 0 aliphatic heterocycles. The van der Waals surface area contributed by atoms with E-state index in [2.05, 4.69) is 5.32 Å².